The van der Waals surface area contributed by atoms with Crippen LogP contribution >= 0.6 is 34.8 Å². The number of carbonyl (C=O) groups is 4. The fourth-order valence-electron chi connectivity index (χ4n) is 5.66. The summed E-state index contributed by atoms with van der Waals surface area (Å²) in [5, 5.41) is 8.88. The molecular formula is C39H54Cl3N5O7. The number of alkyl carbamates (subject to hydrolysis) is 1. The highest BCUT2D eigenvalue weighted by atomic mass is 35.6. The number of halogens is 3. The zero-order valence-electron chi connectivity index (χ0n) is 32.7. The number of hydrazine groups is 1. The van der Waals surface area contributed by atoms with Crippen molar-refractivity contribution in [3.63, 3.8) is 0 Å². The standard InChI is InChI=1S/C39H54Cl3N5O7/c1-11-31(38(9,10)17-16-29-20-28-19-26(14-15-27(28)21-43-29)24(4)45-36(51)54-37(6,7)8)53-32(23(2)3)33(48)44-25(5)34(49)47-18-12-13-30(46-47)35(50)52-22-39(40,41)42/h11,14-17,19-21,23-25,30,32,46H,12-13,18,22H2,1-10H3,(H,44,48)(H,45,51). The van der Waals surface area contributed by atoms with Crippen LogP contribution in [0.2, 0.25) is 0 Å². The first kappa shape index (κ1) is 44.8. The molecule has 1 aromatic carbocycles. The summed E-state index contributed by atoms with van der Waals surface area (Å²) < 4.78 is 15.1. The third-order valence-corrected chi connectivity index (χ3v) is 8.86. The molecule has 2 aromatic rings. The van der Waals surface area contributed by atoms with Gasteiger partial charge in [-0.3, -0.25) is 24.4 Å². The Morgan fingerprint density at radius 3 is 2.31 bits per heavy atom. The van der Waals surface area contributed by atoms with Crippen molar-refractivity contribution in [2.45, 2.75) is 116 Å². The van der Waals surface area contributed by atoms with Crippen LogP contribution in [0, 0.1) is 11.3 Å². The molecule has 0 spiro atoms. The molecule has 298 valence electrons. The van der Waals surface area contributed by atoms with E-state index >= 15 is 0 Å². The summed E-state index contributed by atoms with van der Waals surface area (Å²) in [6.45, 7) is 18.4. The molecule has 1 aliphatic heterocycles. The Balaban J connectivity index is 1.67. The van der Waals surface area contributed by atoms with Gasteiger partial charge in [-0.25, -0.2) is 10.2 Å². The maximum Gasteiger partial charge on any atom is 0.408 e. The Bertz CT molecular complexity index is 1720. The van der Waals surface area contributed by atoms with Crippen LogP contribution in [0.5, 0.6) is 0 Å². The van der Waals surface area contributed by atoms with Crippen molar-refractivity contribution in [2.24, 2.45) is 11.3 Å². The Kier molecular flexibility index (Phi) is 15.6. The number of carbonyl (C=O) groups excluding carboxylic acids is 4. The predicted octanol–water partition coefficient (Wildman–Crippen LogP) is 7.72. The van der Waals surface area contributed by atoms with Gasteiger partial charge < -0.3 is 24.8 Å². The molecular weight excluding hydrogens is 757 g/mol. The molecule has 15 heteroatoms. The third kappa shape index (κ3) is 13.6. The Morgan fingerprint density at radius 2 is 1.70 bits per heavy atom. The molecule has 1 aromatic heterocycles. The number of fused-ring (bicyclic) bond motifs is 1. The zero-order chi connectivity index (χ0) is 40.6. The van der Waals surface area contributed by atoms with Gasteiger partial charge in [-0.2, -0.15) is 0 Å². The van der Waals surface area contributed by atoms with Crippen LogP contribution in [0.1, 0.15) is 99.4 Å². The molecule has 12 nitrogen and oxygen atoms in total. The number of aromatic nitrogens is 1. The van der Waals surface area contributed by atoms with E-state index in [1.54, 1.807) is 13.1 Å². The Labute approximate surface area is 333 Å². The smallest absolute Gasteiger partial charge is 0.408 e. The van der Waals surface area contributed by atoms with Crippen molar-refractivity contribution < 1.29 is 33.4 Å². The molecule has 2 heterocycles. The number of pyridine rings is 1. The van der Waals surface area contributed by atoms with Crippen LogP contribution in [0.25, 0.3) is 16.8 Å². The van der Waals surface area contributed by atoms with Crippen LogP contribution in [0.15, 0.2) is 48.4 Å². The lowest BCUT2D eigenvalue weighted by Gasteiger charge is -2.35. The van der Waals surface area contributed by atoms with Crippen molar-refractivity contribution in [3.05, 3.63) is 59.6 Å². The number of hydrogen-bond acceptors (Lipinski definition) is 9. The molecule has 3 N–H and O–H groups in total. The van der Waals surface area contributed by atoms with Gasteiger partial charge >= 0.3 is 12.1 Å². The van der Waals surface area contributed by atoms with E-state index in [4.69, 9.17) is 49.0 Å². The molecule has 4 atom stereocenters. The third-order valence-electron chi connectivity index (χ3n) is 8.53. The van der Waals surface area contributed by atoms with Crippen LogP contribution in [0.4, 0.5) is 4.79 Å². The van der Waals surface area contributed by atoms with E-state index in [0.717, 1.165) is 16.3 Å². The van der Waals surface area contributed by atoms with Crippen molar-refractivity contribution in [1.82, 2.24) is 26.1 Å². The van der Waals surface area contributed by atoms with Gasteiger partial charge in [0.25, 0.3) is 11.8 Å². The SMILES string of the molecule is CC=C(OC(C(=O)NC(C)C(=O)N1CCCC(C(=O)OCC(Cl)(Cl)Cl)N1)C(C)C)C(C)(C)C=Cc1cc2cc(C(C)NC(=O)OC(C)(C)C)ccc2cn1. The number of ether oxygens (including phenoxy) is 3. The quantitative estimate of drug-likeness (QED) is 0.105. The molecule has 54 heavy (non-hydrogen) atoms. The number of nitrogens with zero attached hydrogens (tertiary/aromatic N) is 2. The maximum atomic E-state index is 13.6. The van der Waals surface area contributed by atoms with E-state index in [1.807, 2.05) is 105 Å². The highest BCUT2D eigenvalue weighted by Crippen LogP contribution is 2.32. The van der Waals surface area contributed by atoms with Crippen LogP contribution in [0.3, 0.4) is 0 Å². The summed E-state index contributed by atoms with van der Waals surface area (Å²) in [6, 6.07) is 5.89. The fourth-order valence-corrected chi connectivity index (χ4v) is 5.82. The Hall–Kier alpha value is -3.58. The average molecular weight is 811 g/mol. The van der Waals surface area contributed by atoms with Gasteiger partial charge in [-0.05, 0) is 109 Å². The molecule has 1 fully saturated rings. The second kappa shape index (κ2) is 18.8. The van der Waals surface area contributed by atoms with E-state index in [1.165, 1.54) is 5.01 Å². The second-order valence-electron chi connectivity index (χ2n) is 15.3. The summed E-state index contributed by atoms with van der Waals surface area (Å²) in [5.74, 6) is -1.21. The van der Waals surface area contributed by atoms with Crippen LogP contribution < -0.4 is 16.1 Å². The van der Waals surface area contributed by atoms with Gasteiger partial charge in [-0.15, -0.1) is 0 Å². The van der Waals surface area contributed by atoms with Gasteiger partial charge in [-0.1, -0.05) is 66.9 Å². The number of hydrogen-bond donors (Lipinski definition) is 3. The average Bonchev–Trinajstić information content (AvgIpc) is 3.07. The molecule has 0 radical (unpaired) electrons. The van der Waals surface area contributed by atoms with E-state index in [-0.39, 0.29) is 12.0 Å². The van der Waals surface area contributed by atoms with E-state index < -0.39 is 63.5 Å². The second-order valence-corrected chi connectivity index (χ2v) is 17.9. The molecule has 1 aliphatic rings. The summed E-state index contributed by atoms with van der Waals surface area (Å²) >= 11 is 17.1. The monoisotopic (exact) mass is 809 g/mol. The van der Waals surface area contributed by atoms with E-state index in [0.29, 0.717) is 30.8 Å². The number of allylic oxidation sites excluding steroid dienone is 2. The van der Waals surface area contributed by atoms with Crippen molar-refractivity contribution in [2.75, 3.05) is 13.2 Å². The highest BCUT2D eigenvalue weighted by Gasteiger charge is 2.35. The van der Waals surface area contributed by atoms with Crippen molar-refractivity contribution in [3.8, 4) is 0 Å². The van der Waals surface area contributed by atoms with Crippen molar-refractivity contribution >= 4 is 75.5 Å². The van der Waals surface area contributed by atoms with Crippen LogP contribution in [-0.2, 0) is 28.6 Å². The summed E-state index contributed by atoms with van der Waals surface area (Å²) in [7, 11) is 0. The number of rotatable bonds is 13. The van der Waals surface area contributed by atoms with Gasteiger partial charge in [0.1, 0.15) is 30.1 Å². The molecule has 0 bridgehead atoms. The van der Waals surface area contributed by atoms with E-state index in [2.05, 4.69) is 21.0 Å². The molecule has 1 saturated heterocycles. The van der Waals surface area contributed by atoms with Crippen LogP contribution in [-0.4, -0.2) is 74.6 Å². The van der Waals surface area contributed by atoms with Gasteiger partial charge in [0.05, 0.1) is 11.7 Å². The first-order valence-corrected chi connectivity index (χ1v) is 19.2. The molecule has 4 unspecified atom stereocenters. The summed E-state index contributed by atoms with van der Waals surface area (Å²) in [5.41, 5.74) is 3.26. The maximum absolute atomic E-state index is 13.6. The molecule has 0 saturated carbocycles. The fraction of sp³-hybridized carbons (Fsp3) is 0.564. The van der Waals surface area contributed by atoms with Crippen molar-refractivity contribution in [1.29, 1.82) is 0 Å². The zero-order valence-corrected chi connectivity index (χ0v) is 35.0. The molecule has 0 aliphatic carbocycles. The largest absolute Gasteiger partial charge is 0.484 e. The Morgan fingerprint density at radius 1 is 1.02 bits per heavy atom. The molecule has 3 amide bonds. The number of alkyl halides is 3. The lowest BCUT2D eigenvalue weighted by atomic mass is 9.89. The summed E-state index contributed by atoms with van der Waals surface area (Å²) in [6.07, 6.45) is 7.04. The topological polar surface area (TPSA) is 148 Å². The first-order valence-electron chi connectivity index (χ1n) is 18.0. The number of nitrogens with one attached hydrogen (secondary N) is 3. The lowest BCUT2D eigenvalue weighted by Crippen LogP contribution is -2.60. The van der Waals surface area contributed by atoms with Gasteiger partial charge in [0.15, 0.2) is 6.10 Å². The minimum absolute atomic E-state index is 0.240. The minimum Gasteiger partial charge on any atom is -0.484 e. The molecule has 3 rings (SSSR count). The first-order chi connectivity index (χ1) is 25.0. The number of esters is 1. The highest BCUT2D eigenvalue weighted by molar-refractivity contribution is 6.67. The summed E-state index contributed by atoms with van der Waals surface area (Å²) in [4.78, 5) is 56.4. The van der Waals surface area contributed by atoms with Gasteiger partial charge in [0.2, 0.25) is 3.79 Å². The number of amides is 3. The predicted molar refractivity (Wildman–Crippen MR) is 213 cm³/mol. The normalized spacial score (nSPS) is 17.6. The lowest BCUT2D eigenvalue weighted by molar-refractivity contribution is -0.153. The van der Waals surface area contributed by atoms with E-state index in [9.17, 15) is 19.2 Å². The van der Waals surface area contributed by atoms with Gasteiger partial charge in [0, 0.05) is 23.5 Å². The number of benzene rings is 1. The minimum atomic E-state index is -1.75.